The Kier molecular flexibility index (Phi) is 4.63. The third-order valence-electron chi connectivity index (χ3n) is 5.49. The Morgan fingerprint density at radius 1 is 1.15 bits per heavy atom. The zero-order valence-corrected chi connectivity index (χ0v) is 15.5. The van der Waals surface area contributed by atoms with E-state index in [1.165, 1.54) is 0 Å². The number of hydrogen-bond acceptors (Lipinski definition) is 5. The van der Waals surface area contributed by atoms with Crippen LogP contribution in [-0.2, 0) is 0 Å². The van der Waals surface area contributed by atoms with Crippen LogP contribution in [0.5, 0.6) is 0 Å². The van der Waals surface area contributed by atoms with Crippen LogP contribution in [0.1, 0.15) is 41.5 Å². The quantitative estimate of drug-likeness (QED) is 0.893. The molecule has 0 radical (unpaired) electrons. The third kappa shape index (κ3) is 2.96. The van der Waals surface area contributed by atoms with Gasteiger partial charge in [0, 0.05) is 20.1 Å². The van der Waals surface area contributed by atoms with Gasteiger partial charge >= 0.3 is 0 Å². The fraction of sp³-hybridized carbons (Fsp3) is 0.526. The summed E-state index contributed by atoms with van der Waals surface area (Å²) in [5.41, 5.74) is 3.38. The fourth-order valence-corrected chi connectivity index (χ4v) is 4.00. The molecule has 7 nitrogen and oxygen atoms in total. The van der Waals surface area contributed by atoms with E-state index < -0.39 is 0 Å². The SMILES string of the molecule is Cc1c(C(=O)N2CCCN(C)c3ccccc32)nnn1C1CCNCC1. The van der Waals surface area contributed by atoms with E-state index in [2.05, 4.69) is 33.6 Å². The summed E-state index contributed by atoms with van der Waals surface area (Å²) in [5.74, 6) is -0.0505. The number of anilines is 2. The molecule has 0 atom stereocenters. The van der Waals surface area contributed by atoms with Gasteiger partial charge in [0.05, 0.1) is 23.1 Å². The van der Waals surface area contributed by atoms with Crippen molar-refractivity contribution in [2.24, 2.45) is 0 Å². The molecule has 0 aliphatic carbocycles. The predicted molar refractivity (Wildman–Crippen MR) is 102 cm³/mol. The number of nitrogens with zero attached hydrogens (tertiary/aromatic N) is 5. The molecule has 1 fully saturated rings. The summed E-state index contributed by atoms with van der Waals surface area (Å²) in [6, 6.07) is 8.41. The van der Waals surface area contributed by atoms with Gasteiger partial charge in [-0.2, -0.15) is 0 Å². The van der Waals surface area contributed by atoms with E-state index in [1.54, 1.807) is 0 Å². The molecule has 138 valence electrons. The van der Waals surface area contributed by atoms with Gasteiger partial charge in [-0.25, -0.2) is 4.68 Å². The molecule has 1 N–H and O–H groups in total. The summed E-state index contributed by atoms with van der Waals surface area (Å²) in [7, 11) is 2.07. The number of carbonyl (C=O) groups is 1. The van der Waals surface area contributed by atoms with Crippen LogP contribution in [-0.4, -0.2) is 54.1 Å². The van der Waals surface area contributed by atoms with E-state index in [9.17, 15) is 4.79 Å². The van der Waals surface area contributed by atoms with Crippen LogP contribution in [0.3, 0.4) is 0 Å². The highest BCUT2D eigenvalue weighted by molar-refractivity contribution is 6.07. The Morgan fingerprint density at radius 3 is 2.65 bits per heavy atom. The highest BCUT2D eigenvalue weighted by Gasteiger charge is 2.29. The second kappa shape index (κ2) is 7.07. The minimum absolute atomic E-state index is 0.0505. The minimum Gasteiger partial charge on any atom is -0.373 e. The van der Waals surface area contributed by atoms with E-state index in [1.807, 2.05) is 34.7 Å². The Morgan fingerprint density at radius 2 is 1.88 bits per heavy atom. The Hall–Kier alpha value is -2.41. The molecule has 0 saturated carbocycles. The number of amides is 1. The van der Waals surface area contributed by atoms with E-state index in [4.69, 9.17) is 0 Å². The number of carbonyl (C=O) groups excluding carboxylic acids is 1. The van der Waals surface area contributed by atoms with Gasteiger partial charge in [-0.15, -0.1) is 5.10 Å². The lowest BCUT2D eigenvalue weighted by molar-refractivity contribution is 0.0981. The van der Waals surface area contributed by atoms with Gasteiger partial charge in [0.25, 0.3) is 5.91 Å². The molecular formula is C19H26N6O. The van der Waals surface area contributed by atoms with Crippen LogP contribution >= 0.6 is 0 Å². The first-order valence-electron chi connectivity index (χ1n) is 9.41. The third-order valence-corrected chi connectivity index (χ3v) is 5.49. The number of nitrogens with one attached hydrogen (secondary N) is 1. The average molecular weight is 354 g/mol. The highest BCUT2D eigenvalue weighted by Crippen LogP contribution is 2.32. The molecule has 26 heavy (non-hydrogen) atoms. The van der Waals surface area contributed by atoms with Crippen LogP contribution < -0.4 is 15.1 Å². The monoisotopic (exact) mass is 354 g/mol. The molecule has 4 rings (SSSR count). The first-order chi connectivity index (χ1) is 12.7. The van der Waals surface area contributed by atoms with Crippen LogP contribution in [0.25, 0.3) is 0 Å². The van der Waals surface area contributed by atoms with Crippen LogP contribution in [0.4, 0.5) is 11.4 Å². The molecule has 0 spiro atoms. The molecule has 0 bridgehead atoms. The second-order valence-electron chi connectivity index (χ2n) is 7.17. The molecule has 2 aromatic rings. The van der Waals surface area contributed by atoms with Gasteiger partial charge < -0.3 is 15.1 Å². The number of hydrogen-bond donors (Lipinski definition) is 1. The fourth-order valence-electron chi connectivity index (χ4n) is 4.00. The molecule has 0 unspecified atom stereocenters. The number of aromatic nitrogens is 3. The van der Waals surface area contributed by atoms with Crippen LogP contribution in [0, 0.1) is 6.92 Å². The van der Waals surface area contributed by atoms with Gasteiger partial charge in [0.2, 0.25) is 0 Å². The van der Waals surface area contributed by atoms with Gasteiger partial charge in [-0.3, -0.25) is 4.79 Å². The van der Waals surface area contributed by atoms with Gasteiger partial charge in [0.1, 0.15) is 0 Å². The maximum atomic E-state index is 13.3. The summed E-state index contributed by atoms with van der Waals surface area (Å²) in [5, 5.41) is 12.0. The van der Waals surface area contributed by atoms with Crippen molar-refractivity contribution in [3.63, 3.8) is 0 Å². The predicted octanol–water partition coefficient (Wildman–Crippen LogP) is 2.00. The molecular weight excluding hydrogens is 328 g/mol. The summed E-state index contributed by atoms with van der Waals surface area (Å²) in [6.45, 7) is 5.56. The first kappa shape index (κ1) is 17.0. The van der Waals surface area contributed by atoms with Gasteiger partial charge in [-0.1, -0.05) is 17.3 Å². The summed E-state index contributed by atoms with van der Waals surface area (Å²) < 4.78 is 1.95. The average Bonchev–Trinajstić information content (AvgIpc) is 2.98. The highest BCUT2D eigenvalue weighted by atomic mass is 16.2. The van der Waals surface area contributed by atoms with Crippen molar-refractivity contribution in [2.45, 2.75) is 32.2 Å². The molecule has 2 aliphatic heterocycles. The van der Waals surface area contributed by atoms with Gasteiger partial charge in [-0.05, 0) is 51.4 Å². The molecule has 1 saturated heterocycles. The van der Waals surface area contributed by atoms with Crippen molar-refractivity contribution in [1.29, 1.82) is 0 Å². The number of para-hydroxylation sites is 2. The van der Waals surface area contributed by atoms with E-state index in [0.29, 0.717) is 18.3 Å². The van der Waals surface area contributed by atoms with Crippen LogP contribution in [0.2, 0.25) is 0 Å². The van der Waals surface area contributed by atoms with Crippen molar-refractivity contribution in [2.75, 3.05) is 43.0 Å². The zero-order valence-electron chi connectivity index (χ0n) is 15.5. The molecule has 1 aromatic heterocycles. The molecule has 7 heteroatoms. The molecule has 1 aromatic carbocycles. The maximum absolute atomic E-state index is 13.3. The molecule has 1 amide bonds. The normalized spacial score (nSPS) is 18.5. The minimum atomic E-state index is -0.0505. The lowest BCUT2D eigenvalue weighted by Crippen LogP contribution is -2.33. The summed E-state index contributed by atoms with van der Waals surface area (Å²) in [4.78, 5) is 17.4. The van der Waals surface area contributed by atoms with E-state index in [-0.39, 0.29) is 5.91 Å². The lowest BCUT2D eigenvalue weighted by atomic mass is 10.1. The summed E-state index contributed by atoms with van der Waals surface area (Å²) >= 11 is 0. The smallest absolute Gasteiger partial charge is 0.280 e. The van der Waals surface area contributed by atoms with Crippen molar-refractivity contribution >= 4 is 17.3 Å². The number of piperidine rings is 1. The summed E-state index contributed by atoms with van der Waals surface area (Å²) in [6.07, 6.45) is 2.97. The lowest BCUT2D eigenvalue weighted by Gasteiger charge is -2.25. The van der Waals surface area contributed by atoms with Crippen molar-refractivity contribution in [1.82, 2.24) is 20.3 Å². The van der Waals surface area contributed by atoms with E-state index >= 15 is 0 Å². The van der Waals surface area contributed by atoms with Gasteiger partial charge in [0.15, 0.2) is 5.69 Å². The largest absolute Gasteiger partial charge is 0.373 e. The Balaban J connectivity index is 1.65. The number of rotatable bonds is 2. The van der Waals surface area contributed by atoms with Crippen molar-refractivity contribution in [3.05, 3.63) is 35.7 Å². The number of benzene rings is 1. The first-order valence-corrected chi connectivity index (χ1v) is 9.41. The maximum Gasteiger partial charge on any atom is 0.280 e. The number of fused-ring (bicyclic) bond motifs is 1. The van der Waals surface area contributed by atoms with Crippen LogP contribution in [0.15, 0.2) is 24.3 Å². The second-order valence-corrected chi connectivity index (χ2v) is 7.17. The molecule has 2 aliphatic rings. The van der Waals surface area contributed by atoms with Crippen molar-refractivity contribution < 1.29 is 4.79 Å². The molecule has 3 heterocycles. The standard InChI is InChI=1S/C19H26N6O/c1-14-18(21-22-25(14)15-8-10-20-11-9-15)19(26)24-13-5-12-23(2)16-6-3-4-7-17(16)24/h3-4,6-7,15,20H,5,8-13H2,1-2H3. The Bertz CT molecular complexity index is 795. The topological polar surface area (TPSA) is 66.3 Å². The van der Waals surface area contributed by atoms with Crippen molar-refractivity contribution in [3.8, 4) is 0 Å². The van der Waals surface area contributed by atoms with E-state index in [0.717, 1.165) is 56.0 Å². The Labute approximate surface area is 154 Å². The zero-order chi connectivity index (χ0) is 18.1.